The molecular formula is C16H15FO2. The number of Topliss-reactive ketones (excluding diaryl/α,β-unsaturated/α-hetero) is 1. The number of carbonyl (C=O) groups excluding carboxylic acids is 1. The van der Waals surface area contributed by atoms with Crippen LogP contribution in [-0.2, 0) is 0 Å². The van der Waals surface area contributed by atoms with E-state index in [4.69, 9.17) is 4.74 Å². The smallest absolute Gasteiger partial charge is 0.172 e. The lowest BCUT2D eigenvalue weighted by molar-refractivity contribution is 0.0962. The standard InChI is InChI=1S/C16H15FO2/c1-11(12-6-4-3-5-7-12)16(18)14-9-8-13(19-2)10-15(14)17/h3-11H,1-2H3. The molecule has 3 heteroatoms. The number of methoxy groups -OCH3 is 1. The fourth-order valence-electron chi connectivity index (χ4n) is 1.95. The first-order valence-electron chi connectivity index (χ1n) is 6.06. The molecule has 0 heterocycles. The topological polar surface area (TPSA) is 26.3 Å². The van der Waals surface area contributed by atoms with Crippen molar-refractivity contribution in [2.45, 2.75) is 12.8 Å². The zero-order valence-electron chi connectivity index (χ0n) is 10.9. The summed E-state index contributed by atoms with van der Waals surface area (Å²) in [5.74, 6) is -0.746. The van der Waals surface area contributed by atoms with E-state index in [0.717, 1.165) is 5.56 Å². The van der Waals surface area contributed by atoms with Gasteiger partial charge in [-0.05, 0) is 17.7 Å². The third-order valence-electron chi connectivity index (χ3n) is 3.13. The average Bonchev–Trinajstić information content (AvgIpc) is 2.46. The van der Waals surface area contributed by atoms with E-state index in [-0.39, 0.29) is 17.3 Å². The normalized spacial score (nSPS) is 11.9. The number of benzene rings is 2. The second kappa shape index (κ2) is 5.65. The highest BCUT2D eigenvalue weighted by atomic mass is 19.1. The largest absolute Gasteiger partial charge is 0.497 e. The Bertz CT molecular complexity index is 579. The second-order valence-corrected chi connectivity index (χ2v) is 4.34. The van der Waals surface area contributed by atoms with Crippen LogP contribution in [0.5, 0.6) is 5.75 Å². The minimum Gasteiger partial charge on any atom is -0.497 e. The third kappa shape index (κ3) is 2.81. The SMILES string of the molecule is COc1ccc(C(=O)C(C)c2ccccc2)c(F)c1. The molecule has 0 aliphatic heterocycles. The zero-order valence-corrected chi connectivity index (χ0v) is 10.9. The monoisotopic (exact) mass is 258 g/mol. The molecule has 19 heavy (non-hydrogen) atoms. The van der Waals surface area contributed by atoms with Crippen molar-refractivity contribution in [3.8, 4) is 5.75 Å². The van der Waals surface area contributed by atoms with E-state index in [1.165, 1.54) is 19.2 Å². The van der Waals surface area contributed by atoms with Gasteiger partial charge in [-0.1, -0.05) is 37.3 Å². The van der Waals surface area contributed by atoms with E-state index in [9.17, 15) is 9.18 Å². The van der Waals surface area contributed by atoms with Crippen LogP contribution >= 0.6 is 0 Å². The summed E-state index contributed by atoms with van der Waals surface area (Å²) in [6.07, 6.45) is 0. The number of ketones is 1. The molecule has 0 bridgehead atoms. The van der Waals surface area contributed by atoms with Gasteiger partial charge < -0.3 is 4.74 Å². The highest BCUT2D eigenvalue weighted by Crippen LogP contribution is 2.24. The van der Waals surface area contributed by atoms with Gasteiger partial charge in [0.15, 0.2) is 5.78 Å². The van der Waals surface area contributed by atoms with E-state index < -0.39 is 5.82 Å². The molecule has 0 radical (unpaired) electrons. The van der Waals surface area contributed by atoms with E-state index >= 15 is 0 Å². The van der Waals surface area contributed by atoms with Gasteiger partial charge in [-0.3, -0.25) is 4.79 Å². The lowest BCUT2D eigenvalue weighted by Gasteiger charge is -2.12. The van der Waals surface area contributed by atoms with Gasteiger partial charge in [0.05, 0.1) is 12.7 Å². The summed E-state index contributed by atoms with van der Waals surface area (Å²) in [6, 6.07) is 13.6. The molecule has 0 N–H and O–H groups in total. The molecule has 0 aliphatic rings. The molecule has 1 unspecified atom stereocenters. The lowest BCUT2D eigenvalue weighted by atomic mass is 9.92. The summed E-state index contributed by atoms with van der Waals surface area (Å²) < 4.78 is 18.8. The molecule has 0 saturated carbocycles. The van der Waals surface area contributed by atoms with Crippen molar-refractivity contribution in [1.29, 1.82) is 0 Å². The Kier molecular flexibility index (Phi) is 3.95. The number of halogens is 1. The summed E-state index contributed by atoms with van der Waals surface area (Å²) >= 11 is 0. The molecule has 2 rings (SSSR count). The Morgan fingerprint density at radius 1 is 1.16 bits per heavy atom. The lowest BCUT2D eigenvalue weighted by Crippen LogP contribution is -2.11. The maximum Gasteiger partial charge on any atom is 0.172 e. The number of rotatable bonds is 4. The van der Waals surface area contributed by atoms with Crippen LogP contribution in [0, 0.1) is 5.82 Å². The number of hydrogen-bond donors (Lipinski definition) is 0. The van der Waals surface area contributed by atoms with Crippen LogP contribution in [0.15, 0.2) is 48.5 Å². The van der Waals surface area contributed by atoms with Crippen molar-refractivity contribution in [2.24, 2.45) is 0 Å². The van der Waals surface area contributed by atoms with Crippen LogP contribution in [0.2, 0.25) is 0 Å². The minimum absolute atomic E-state index is 0.0946. The summed E-state index contributed by atoms with van der Waals surface area (Å²) in [6.45, 7) is 1.78. The number of hydrogen-bond acceptors (Lipinski definition) is 2. The van der Waals surface area contributed by atoms with E-state index in [2.05, 4.69) is 0 Å². The molecule has 98 valence electrons. The quantitative estimate of drug-likeness (QED) is 0.779. The molecular weight excluding hydrogens is 243 g/mol. The molecule has 0 saturated heterocycles. The molecule has 0 aliphatic carbocycles. The van der Waals surface area contributed by atoms with E-state index in [1.807, 2.05) is 30.3 Å². The first-order valence-corrected chi connectivity index (χ1v) is 6.06. The molecule has 2 nitrogen and oxygen atoms in total. The first-order chi connectivity index (χ1) is 9.13. The van der Waals surface area contributed by atoms with Crippen LogP contribution in [0.3, 0.4) is 0 Å². The van der Waals surface area contributed by atoms with Gasteiger partial charge in [0.2, 0.25) is 0 Å². The van der Waals surface area contributed by atoms with E-state index in [1.54, 1.807) is 13.0 Å². The maximum absolute atomic E-state index is 13.9. The third-order valence-corrected chi connectivity index (χ3v) is 3.13. The summed E-state index contributed by atoms with van der Waals surface area (Å²) in [5, 5.41) is 0. The Hall–Kier alpha value is -2.16. The van der Waals surface area contributed by atoms with Gasteiger partial charge in [-0.25, -0.2) is 4.39 Å². The maximum atomic E-state index is 13.9. The molecule has 0 amide bonds. The van der Waals surface area contributed by atoms with Gasteiger partial charge >= 0.3 is 0 Å². The van der Waals surface area contributed by atoms with Crippen LogP contribution in [0.4, 0.5) is 4.39 Å². The fourth-order valence-corrected chi connectivity index (χ4v) is 1.95. The first kappa shape index (κ1) is 13.3. The van der Waals surface area contributed by atoms with Crippen molar-refractivity contribution in [3.05, 3.63) is 65.5 Å². The minimum atomic E-state index is -0.549. The van der Waals surface area contributed by atoms with Crippen molar-refractivity contribution < 1.29 is 13.9 Å². The van der Waals surface area contributed by atoms with Gasteiger partial charge in [0.25, 0.3) is 0 Å². The summed E-state index contributed by atoms with van der Waals surface area (Å²) in [7, 11) is 1.46. The molecule has 2 aromatic carbocycles. The number of ether oxygens (including phenoxy) is 1. The molecule has 0 spiro atoms. The van der Waals surface area contributed by atoms with Gasteiger partial charge in [-0.15, -0.1) is 0 Å². The van der Waals surface area contributed by atoms with Crippen molar-refractivity contribution in [1.82, 2.24) is 0 Å². The Labute approximate surface area is 111 Å². The predicted molar refractivity (Wildman–Crippen MR) is 72.1 cm³/mol. The van der Waals surface area contributed by atoms with Crippen LogP contribution in [0.1, 0.15) is 28.8 Å². The average molecular weight is 258 g/mol. The van der Waals surface area contributed by atoms with E-state index in [0.29, 0.717) is 5.75 Å². The predicted octanol–water partition coefficient (Wildman–Crippen LogP) is 3.82. The fraction of sp³-hybridized carbons (Fsp3) is 0.188. The van der Waals surface area contributed by atoms with Crippen LogP contribution < -0.4 is 4.74 Å². The Morgan fingerprint density at radius 3 is 2.42 bits per heavy atom. The van der Waals surface area contributed by atoms with Crippen molar-refractivity contribution >= 4 is 5.78 Å². The molecule has 0 aromatic heterocycles. The summed E-state index contributed by atoms with van der Waals surface area (Å²) in [4.78, 5) is 12.3. The Balaban J connectivity index is 2.29. The van der Waals surface area contributed by atoms with Gasteiger partial charge in [0.1, 0.15) is 11.6 Å². The van der Waals surface area contributed by atoms with Crippen molar-refractivity contribution in [2.75, 3.05) is 7.11 Å². The highest BCUT2D eigenvalue weighted by Gasteiger charge is 2.20. The van der Waals surface area contributed by atoms with Crippen molar-refractivity contribution in [3.63, 3.8) is 0 Å². The van der Waals surface area contributed by atoms with Gasteiger partial charge in [0, 0.05) is 12.0 Å². The highest BCUT2D eigenvalue weighted by molar-refractivity contribution is 6.01. The van der Waals surface area contributed by atoms with Crippen LogP contribution in [-0.4, -0.2) is 12.9 Å². The molecule has 1 atom stereocenters. The molecule has 0 fully saturated rings. The van der Waals surface area contributed by atoms with Gasteiger partial charge in [-0.2, -0.15) is 0 Å². The summed E-state index contributed by atoms with van der Waals surface area (Å²) in [5.41, 5.74) is 0.972. The zero-order chi connectivity index (χ0) is 13.8. The second-order valence-electron chi connectivity index (χ2n) is 4.34. The number of carbonyl (C=O) groups is 1. The molecule has 2 aromatic rings. The van der Waals surface area contributed by atoms with Crippen LogP contribution in [0.25, 0.3) is 0 Å². The Morgan fingerprint density at radius 2 is 1.84 bits per heavy atom.